The normalized spacial score (nSPS) is 11.9. The van der Waals surface area contributed by atoms with E-state index in [-0.39, 0.29) is 6.04 Å². The van der Waals surface area contributed by atoms with E-state index >= 15 is 0 Å². The van der Waals surface area contributed by atoms with Crippen molar-refractivity contribution < 1.29 is 8.78 Å². The minimum absolute atomic E-state index is 0.359. The fourth-order valence-electron chi connectivity index (χ4n) is 0.970. The van der Waals surface area contributed by atoms with Gasteiger partial charge in [-0.3, -0.25) is 0 Å². The van der Waals surface area contributed by atoms with Gasteiger partial charge in [-0.2, -0.15) is 0 Å². The van der Waals surface area contributed by atoms with Gasteiger partial charge in [-0.05, 0) is 36.8 Å². The summed E-state index contributed by atoms with van der Waals surface area (Å²) in [4.78, 5) is 3.71. The number of rotatable bonds is 2. The van der Waals surface area contributed by atoms with Gasteiger partial charge in [0.2, 0.25) is 0 Å². The van der Waals surface area contributed by atoms with E-state index in [0.29, 0.717) is 5.56 Å². The van der Waals surface area contributed by atoms with Crippen molar-refractivity contribution in [3.8, 4) is 0 Å². The van der Waals surface area contributed by atoms with Crippen molar-refractivity contribution in [2.24, 2.45) is 4.99 Å². The number of benzene rings is 1. The van der Waals surface area contributed by atoms with Crippen LogP contribution in [0.25, 0.3) is 0 Å². The van der Waals surface area contributed by atoms with Crippen LogP contribution in [0.15, 0.2) is 23.2 Å². The first kappa shape index (κ1) is 9.96. The third kappa shape index (κ3) is 2.68. The van der Waals surface area contributed by atoms with E-state index in [4.69, 9.17) is 0 Å². The van der Waals surface area contributed by atoms with E-state index < -0.39 is 11.6 Å². The lowest BCUT2D eigenvalue weighted by Crippen LogP contribution is -1.92. The SMILES string of the molecule is C[C@H](N=C=S)c1cc(F)cc(F)c1. The highest BCUT2D eigenvalue weighted by Crippen LogP contribution is 2.18. The highest BCUT2D eigenvalue weighted by atomic mass is 32.1. The first-order chi connectivity index (χ1) is 6.13. The first-order valence-corrected chi connectivity index (χ1v) is 4.07. The zero-order valence-electron chi connectivity index (χ0n) is 6.92. The van der Waals surface area contributed by atoms with Crippen LogP contribution in [0, 0.1) is 11.6 Å². The zero-order valence-corrected chi connectivity index (χ0v) is 7.74. The Bertz CT molecular complexity index is 338. The van der Waals surface area contributed by atoms with E-state index in [1.165, 1.54) is 12.1 Å². The summed E-state index contributed by atoms with van der Waals surface area (Å²) < 4.78 is 25.4. The number of isothiocyanates is 1. The molecule has 13 heavy (non-hydrogen) atoms. The monoisotopic (exact) mass is 199 g/mol. The maximum absolute atomic E-state index is 12.7. The van der Waals surface area contributed by atoms with Crippen LogP contribution >= 0.6 is 12.2 Å². The van der Waals surface area contributed by atoms with Gasteiger partial charge in [-0.15, -0.1) is 0 Å². The zero-order chi connectivity index (χ0) is 9.84. The maximum atomic E-state index is 12.7. The Balaban J connectivity index is 3.07. The topological polar surface area (TPSA) is 12.4 Å². The molecule has 0 aromatic heterocycles. The smallest absolute Gasteiger partial charge is 0.126 e. The molecule has 0 aliphatic rings. The van der Waals surface area contributed by atoms with Crippen LogP contribution < -0.4 is 0 Å². The van der Waals surface area contributed by atoms with Gasteiger partial charge in [0.15, 0.2) is 0 Å². The second-order valence-electron chi connectivity index (χ2n) is 2.60. The summed E-state index contributed by atoms with van der Waals surface area (Å²) in [6.07, 6.45) is 0. The predicted molar refractivity (Wildman–Crippen MR) is 49.8 cm³/mol. The molecule has 1 aromatic carbocycles. The second kappa shape index (κ2) is 4.21. The molecule has 1 aromatic rings. The first-order valence-electron chi connectivity index (χ1n) is 3.66. The van der Waals surface area contributed by atoms with Gasteiger partial charge in [0.05, 0.1) is 11.2 Å². The van der Waals surface area contributed by atoms with Crippen molar-refractivity contribution >= 4 is 17.4 Å². The fraction of sp³-hybridized carbons (Fsp3) is 0.222. The summed E-state index contributed by atoms with van der Waals surface area (Å²) in [6.45, 7) is 1.69. The Hall–Kier alpha value is -1.12. The number of nitrogens with zero attached hydrogens (tertiary/aromatic N) is 1. The Labute approximate surface area is 80.1 Å². The number of hydrogen-bond acceptors (Lipinski definition) is 2. The summed E-state index contributed by atoms with van der Waals surface area (Å²) in [5, 5.41) is 2.17. The molecule has 0 fully saturated rings. The average molecular weight is 199 g/mol. The van der Waals surface area contributed by atoms with Crippen LogP contribution in [0.3, 0.4) is 0 Å². The minimum atomic E-state index is -0.610. The van der Waals surface area contributed by atoms with Crippen molar-refractivity contribution in [3.63, 3.8) is 0 Å². The van der Waals surface area contributed by atoms with Crippen molar-refractivity contribution in [3.05, 3.63) is 35.4 Å². The summed E-state index contributed by atoms with van der Waals surface area (Å²) in [5.41, 5.74) is 0.454. The van der Waals surface area contributed by atoms with Crippen LogP contribution in [-0.4, -0.2) is 5.16 Å². The molecule has 0 spiro atoms. The Kier molecular flexibility index (Phi) is 3.23. The van der Waals surface area contributed by atoms with Crippen LogP contribution in [-0.2, 0) is 0 Å². The molecule has 0 aliphatic carbocycles. The Morgan fingerprint density at radius 2 is 1.85 bits per heavy atom. The van der Waals surface area contributed by atoms with Crippen LogP contribution in [0.5, 0.6) is 0 Å². The molecular weight excluding hydrogens is 192 g/mol. The van der Waals surface area contributed by atoms with Gasteiger partial charge in [-0.1, -0.05) is 0 Å². The van der Waals surface area contributed by atoms with Crippen LogP contribution in [0.4, 0.5) is 8.78 Å². The largest absolute Gasteiger partial charge is 0.225 e. The number of hydrogen-bond donors (Lipinski definition) is 0. The van der Waals surface area contributed by atoms with E-state index in [1.807, 2.05) is 0 Å². The third-order valence-electron chi connectivity index (χ3n) is 1.61. The molecule has 0 N–H and O–H groups in total. The van der Waals surface area contributed by atoms with Gasteiger partial charge in [-0.25, -0.2) is 13.8 Å². The molecule has 4 heteroatoms. The highest BCUT2D eigenvalue weighted by molar-refractivity contribution is 7.78. The van der Waals surface area contributed by atoms with Crippen LogP contribution in [0.2, 0.25) is 0 Å². The predicted octanol–water partition coefficient (Wildman–Crippen LogP) is 3.13. The Morgan fingerprint density at radius 3 is 2.31 bits per heavy atom. The third-order valence-corrected chi connectivity index (χ3v) is 1.72. The second-order valence-corrected chi connectivity index (χ2v) is 2.78. The van der Waals surface area contributed by atoms with E-state index in [2.05, 4.69) is 22.4 Å². The summed E-state index contributed by atoms with van der Waals surface area (Å²) in [5.74, 6) is -1.22. The van der Waals surface area contributed by atoms with Gasteiger partial charge in [0.1, 0.15) is 11.6 Å². The van der Waals surface area contributed by atoms with Crippen molar-refractivity contribution in [2.75, 3.05) is 0 Å². The summed E-state index contributed by atoms with van der Waals surface area (Å²) in [6, 6.07) is 2.91. The Morgan fingerprint density at radius 1 is 1.31 bits per heavy atom. The van der Waals surface area contributed by atoms with Gasteiger partial charge < -0.3 is 0 Å². The number of aliphatic imine (C=N–C) groups is 1. The molecule has 68 valence electrons. The lowest BCUT2D eigenvalue weighted by molar-refractivity contribution is 0.576. The van der Waals surface area contributed by atoms with Gasteiger partial charge >= 0.3 is 0 Å². The minimum Gasteiger partial charge on any atom is -0.225 e. The quantitative estimate of drug-likeness (QED) is 0.526. The average Bonchev–Trinajstić information content (AvgIpc) is 2.03. The van der Waals surface area contributed by atoms with E-state index in [0.717, 1.165) is 6.07 Å². The molecule has 1 atom stereocenters. The van der Waals surface area contributed by atoms with E-state index in [1.54, 1.807) is 6.92 Å². The van der Waals surface area contributed by atoms with Crippen molar-refractivity contribution in [1.29, 1.82) is 0 Å². The lowest BCUT2D eigenvalue weighted by Gasteiger charge is -2.04. The number of thiocarbonyl (C=S) groups is 1. The lowest BCUT2D eigenvalue weighted by atomic mass is 10.1. The molecule has 1 nitrogen and oxygen atoms in total. The molecule has 0 radical (unpaired) electrons. The molecule has 0 saturated carbocycles. The molecule has 0 heterocycles. The van der Waals surface area contributed by atoms with Gasteiger partial charge in [0.25, 0.3) is 0 Å². The number of halogens is 2. The molecular formula is C9H7F2NS. The molecule has 0 unspecified atom stereocenters. The van der Waals surface area contributed by atoms with Crippen molar-refractivity contribution in [1.82, 2.24) is 0 Å². The van der Waals surface area contributed by atoms with Gasteiger partial charge in [0, 0.05) is 6.07 Å². The van der Waals surface area contributed by atoms with Crippen molar-refractivity contribution in [2.45, 2.75) is 13.0 Å². The van der Waals surface area contributed by atoms with E-state index in [9.17, 15) is 8.78 Å². The van der Waals surface area contributed by atoms with Crippen LogP contribution in [0.1, 0.15) is 18.5 Å². The molecule has 0 aliphatic heterocycles. The molecule has 1 rings (SSSR count). The fourth-order valence-corrected chi connectivity index (χ4v) is 1.13. The molecule has 0 amide bonds. The molecule has 0 bridgehead atoms. The maximum Gasteiger partial charge on any atom is 0.126 e. The highest BCUT2D eigenvalue weighted by Gasteiger charge is 2.06. The standard InChI is InChI=1S/C9H7F2NS/c1-6(12-5-13)7-2-8(10)4-9(11)3-7/h2-4,6H,1H3/t6-/m0/s1. The summed E-state index contributed by atoms with van der Waals surface area (Å²) in [7, 11) is 0. The summed E-state index contributed by atoms with van der Waals surface area (Å²) >= 11 is 4.39. The molecule has 0 saturated heterocycles.